The molecule has 2 unspecified atom stereocenters. The standard InChI is InChI=1S/C13H19N3O/c1-9-6-7-10-4-2-3-5-12(10)16(9)8-11(14)13(15)17/h2-5,9,11H,6-8,14H2,1H3,(H2,15,17). The zero-order chi connectivity index (χ0) is 12.4. The molecule has 1 heterocycles. The first-order valence-electron chi connectivity index (χ1n) is 5.99. The number of carbonyl (C=O) groups excluding carboxylic acids is 1. The quantitative estimate of drug-likeness (QED) is 0.804. The summed E-state index contributed by atoms with van der Waals surface area (Å²) in [6.45, 7) is 2.65. The summed E-state index contributed by atoms with van der Waals surface area (Å²) in [4.78, 5) is 13.3. The molecule has 0 aliphatic carbocycles. The van der Waals surface area contributed by atoms with Crippen molar-refractivity contribution >= 4 is 11.6 Å². The Labute approximate surface area is 102 Å². The van der Waals surface area contributed by atoms with E-state index in [1.165, 1.54) is 11.3 Å². The van der Waals surface area contributed by atoms with Crippen LogP contribution in [-0.4, -0.2) is 24.5 Å². The number of hydrogen-bond donors (Lipinski definition) is 2. The van der Waals surface area contributed by atoms with Gasteiger partial charge in [-0.2, -0.15) is 0 Å². The third-order valence-corrected chi connectivity index (χ3v) is 3.42. The lowest BCUT2D eigenvalue weighted by molar-refractivity contribution is -0.119. The number of aryl methyl sites for hydroxylation is 1. The van der Waals surface area contributed by atoms with Crippen molar-refractivity contribution in [3.8, 4) is 0 Å². The number of carbonyl (C=O) groups is 1. The molecular formula is C13H19N3O. The highest BCUT2D eigenvalue weighted by Gasteiger charge is 2.25. The number of primary amides is 1. The monoisotopic (exact) mass is 233 g/mol. The number of nitrogens with zero attached hydrogens (tertiary/aromatic N) is 1. The third kappa shape index (κ3) is 2.42. The van der Waals surface area contributed by atoms with Gasteiger partial charge < -0.3 is 16.4 Å². The van der Waals surface area contributed by atoms with E-state index >= 15 is 0 Å². The summed E-state index contributed by atoms with van der Waals surface area (Å²) >= 11 is 0. The van der Waals surface area contributed by atoms with Gasteiger partial charge in [0.25, 0.3) is 0 Å². The van der Waals surface area contributed by atoms with Gasteiger partial charge in [-0.15, -0.1) is 0 Å². The molecule has 0 radical (unpaired) electrons. The fourth-order valence-electron chi connectivity index (χ4n) is 2.34. The van der Waals surface area contributed by atoms with Crippen LogP contribution in [0.25, 0.3) is 0 Å². The van der Waals surface area contributed by atoms with Crippen molar-refractivity contribution in [2.24, 2.45) is 11.5 Å². The summed E-state index contributed by atoms with van der Waals surface area (Å²) in [5.74, 6) is -0.444. The lowest BCUT2D eigenvalue weighted by Gasteiger charge is -2.38. The fraction of sp³-hybridized carbons (Fsp3) is 0.462. The molecule has 0 bridgehead atoms. The molecule has 1 aliphatic rings. The molecule has 1 aromatic carbocycles. The molecule has 1 amide bonds. The second-order valence-corrected chi connectivity index (χ2v) is 4.68. The molecular weight excluding hydrogens is 214 g/mol. The Morgan fingerprint density at radius 1 is 1.53 bits per heavy atom. The predicted octanol–water partition coefficient (Wildman–Crippen LogP) is 0.640. The molecule has 4 N–H and O–H groups in total. The van der Waals surface area contributed by atoms with E-state index in [0.717, 1.165) is 12.8 Å². The van der Waals surface area contributed by atoms with E-state index in [-0.39, 0.29) is 0 Å². The first-order chi connectivity index (χ1) is 8.09. The Morgan fingerprint density at radius 2 is 2.24 bits per heavy atom. The largest absolute Gasteiger partial charge is 0.368 e. The van der Waals surface area contributed by atoms with Crippen molar-refractivity contribution in [2.75, 3.05) is 11.4 Å². The lowest BCUT2D eigenvalue weighted by atomic mass is 9.96. The normalized spacial score (nSPS) is 20.8. The topological polar surface area (TPSA) is 72.3 Å². The summed E-state index contributed by atoms with van der Waals surface area (Å²) in [7, 11) is 0. The van der Waals surface area contributed by atoms with Crippen molar-refractivity contribution in [1.29, 1.82) is 0 Å². The number of benzene rings is 1. The van der Waals surface area contributed by atoms with Gasteiger partial charge in [0.1, 0.15) is 6.04 Å². The van der Waals surface area contributed by atoms with Gasteiger partial charge in [-0.1, -0.05) is 18.2 Å². The summed E-state index contributed by atoms with van der Waals surface area (Å²) in [6, 6.07) is 8.06. The van der Waals surface area contributed by atoms with E-state index in [0.29, 0.717) is 12.6 Å². The van der Waals surface area contributed by atoms with Crippen LogP contribution in [0, 0.1) is 0 Å². The van der Waals surface area contributed by atoms with Crippen molar-refractivity contribution in [3.63, 3.8) is 0 Å². The highest BCUT2D eigenvalue weighted by atomic mass is 16.1. The number of anilines is 1. The molecule has 2 rings (SSSR count). The molecule has 1 aromatic rings. The summed E-state index contributed by atoms with van der Waals surface area (Å²) in [5, 5.41) is 0. The minimum absolute atomic E-state index is 0.398. The van der Waals surface area contributed by atoms with E-state index in [1.807, 2.05) is 12.1 Å². The van der Waals surface area contributed by atoms with Crippen LogP contribution >= 0.6 is 0 Å². The summed E-state index contributed by atoms with van der Waals surface area (Å²) < 4.78 is 0. The molecule has 92 valence electrons. The minimum Gasteiger partial charge on any atom is -0.368 e. The maximum absolute atomic E-state index is 11.1. The number of amides is 1. The van der Waals surface area contributed by atoms with Crippen molar-refractivity contribution in [2.45, 2.75) is 31.8 Å². The van der Waals surface area contributed by atoms with Gasteiger partial charge in [-0.3, -0.25) is 4.79 Å². The van der Waals surface area contributed by atoms with E-state index in [4.69, 9.17) is 11.5 Å². The highest BCUT2D eigenvalue weighted by Crippen LogP contribution is 2.30. The number of rotatable bonds is 3. The van der Waals surface area contributed by atoms with Gasteiger partial charge in [-0.25, -0.2) is 0 Å². The van der Waals surface area contributed by atoms with E-state index in [2.05, 4.69) is 24.0 Å². The van der Waals surface area contributed by atoms with Gasteiger partial charge in [0.15, 0.2) is 0 Å². The lowest BCUT2D eigenvalue weighted by Crippen LogP contribution is -2.50. The van der Waals surface area contributed by atoms with Crippen LogP contribution in [0.4, 0.5) is 5.69 Å². The van der Waals surface area contributed by atoms with Crippen LogP contribution in [0.3, 0.4) is 0 Å². The molecule has 0 saturated heterocycles. The number of hydrogen-bond acceptors (Lipinski definition) is 3. The average molecular weight is 233 g/mol. The zero-order valence-corrected chi connectivity index (χ0v) is 10.1. The average Bonchev–Trinajstić information content (AvgIpc) is 2.32. The van der Waals surface area contributed by atoms with Gasteiger partial charge in [0.2, 0.25) is 5.91 Å². The van der Waals surface area contributed by atoms with Crippen LogP contribution < -0.4 is 16.4 Å². The Morgan fingerprint density at radius 3 is 2.94 bits per heavy atom. The Kier molecular flexibility index (Phi) is 3.33. The van der Waals surface area contributed by atoms with E-state index in [9.17, 15) is 4.79 Å². The molecule has 4 heteroatoms. The second-order valence-electron chi connectivity index (χ2n) is 4.68. The third-order valence-electron chi connectivity index (χ3n) is 3.42. The first-order valence-corrected chi connectivity index (χ1v) is 5.99. The second kappa shape index (κ2) is 4.75. The maximum atomic E-state index is 11.1. The van der Waals surface area contributed by atoms with Gasteiger partial charge in [0.05, 0.1) is 0 Å². The van der Waals surface area contributed by atoms with Crippen molar-refractivity contribution in [3.05, 3.63) is 29.8 Å². The molecule has 0 saturated carbocycles. The van der Waals surface area contributed by atoms with Crippen LogP contribution in [0.1, 0.15) is 18.9 Å². The van der Waals surface area contributed by atoms with Gasteiger partial charge >= 0.3 is 0 Å². The SMILES string of the molecule is CC1CCc2ccccc2N1CC(N)C(N)=O. The zero-order valence-electron chi connectivity index (χ0n) is 10.1. The Balaban J connectivity index is 2.23. The summed E-state index contributed by atoms with van der Waals surface area (Å²) in [6.07, 6.45) is 2.17. The molecule has 1 aliphatic heterocycles. The van der Waals surface area contributed by atoms with Crippen LogP contribution in [0.5, 0.6) is 0 Å². The fourth-order valence-corrected chi connectivity index (χ4v) is 2.34. The molecule has 2 atom stereocenters. The molecule has 0 fully saturated rings. The van der Waals surface area contributed by atoms with Crippen LogP contribution in [0.15, 0.2) is 24.3 Å². The van der Waals surface area contributed by atoms with E-state index < -0.39 is 11.9 Å². The Hall–Kier alpha value is -1.55. The summed E-state index contributed by atoms with van der Waals surface area (Å²) in [5.41, 5.74) is 13.5. The molecule has 4 nitrogen and oxygen atoms in total. The molecule has 0 aromatic heterocycles. The number of para-hydroxylation sites is 1. The molecule has 17 heavy (non-hydrogen) atoms. The number of fused-ring (bicyclic) bond motifs is 1. The predicted molar refractivity (Wildman–Crippen MR) is 68.7 cm³/mol. The number of nitrogens with two attached hydrogens (primary N) is 2. The van der Waals surface area contributed by atoms with Gasteiger partial charge in [-0.05, 0) is 31.4 Å². The Bertz CT molecular complexity index is 419. The molecule has 0 spiro atoms. The van der Waals surface area contributed by atoms with Crippen molar-refractivity contribution < 1.29 is 4.79 Å². The van der Waals surface area contributed by atoms with Crippen LogP contribution in [-0.2, 0) is 11.2 Å². The minimum atomic E-state index is -0.608. The maximum Gasteiger partial charge on any atom is 0.236 e. The van der Waals surface area contributed by atoms with Crippen LogP contribution in [0.2, 0.25) is 0 Å². The highest BCUT2D eigenvalue weighted by molar-refractivity contribution is 5.80. The first kappa shape index (κ1) is 11.9. The smallest absolute Gasteiger partial charge is 0.236 e. The van der Waals surface area contributed by atoms with Gasteiger partial charge in [0, 0.05) is 18.3 Å². The van der Waals surface area contributed by atoms with Crippen molar-refractivity contribution in [1.82, 2.24) is 0 Å². The van der Waals surface area contributed by atoms with E-state index in [1.54, 1.807) is 0 Å².